The van der Waals surface area contributed by atoms with Crippen molar-refractivity contribution in [2.75, 3.05) is 47.5 Å². The number of ether oxygens (including phenoxy) is 2. The van der Waals surface area contributed by atoms with Crippen molar-refractivity contribution in [3.8, 4) is 0 Å². The van der Waals surface area contributed by atoms with Gasteiger partial charge in [-0.3, -0.25) is 18.6 Å². The van der Waals surface area contributed by atoms with E-state index in [0.717, 1.165) is 32.1 Å². The van der Waals surface area contributed by atoms with Crippen molar-refractivity contribution in [1.29, 1.82) is 0 Å². The van der Waals surface area contributed by atoms with E-state index in [1.807, 2.05) is 63.7 Å². The molecule has 11 nitrogen and oxygen atoms in total. The number of unbranched alkanes of at least 4 members (excludes halogenated alkanes) is 14. The van der Waals surface area contributed by atoms with Crippen molar-refractivity contribution >= 4 is 19.8 Å². The van der Waals surface area contributed by atoms with E-state index in [2.05, 4.69) is 26.0 Å². The number of nitrogens with zero attached hydrogens (tertiary/aromatic N) is 1. The smallest absolute Gasteiger partial charge is 0.462 e. The monoisotopic (exact) mass is 893 g/mol. The van der Waals surface area contributed by atoms with Gasteiger partial charge in [-0.25, -0.2) is 4.57 Å². The molecule has 0 aromatic carbocycles. The van der Waals surface area contributed by atoms with E-state index in [9.17, 15) is 29.3 Å². The first-order valence-electron chi connectivity index (χ1n) is 23.5. The van der Waals surface area contributed by atoms with Crippen LogP contribution in [0.3, 0.4) is 0 Å². The minimum absolute atomic E-state index is 0.00641. The predicted molar refractivity (Wildman–Crippen MR) is 254 cm³/mol. The lowest BCUT2D eigenvalue weighted by molar-refractivity contribution is -0.870. The number of carbonyl (C=O) groups excluding carboxylic acids is 2. The molecule has 12 heteroatoms. The average molecular weight is 893 g/mol. The quantitative estimate of drug-likeness (QED) is 0.0135. The molecule has 0 aliphatic rings. The van der Waals surface area contributed by atoms with Crippen molar-refractivity contribution in [1.82, 2.24) is 0 Å². The Kier molecular flexibility index (Phi) is 39.0. The molecule has 0 aromatic heterocycles. The number of carbonyl (C=O) groups is 2. The van der Waals surface area contributed by atoms with Gasteiger partial charge in [0, 0.05) is 12.8 Å². The number of likely N-dealkylation sites (N-methyl/N-ethyl adjacent to an activating group) is 1. The maximum Gasteiger partial charge on any atom is 0.472 e. The van der Waals surface area contributed by atoms with E-state index in [-0.39, 0.29) is 26.1 Å². The summed E-state index contributed by atoms with van der Waals surface area (Å²) < 4.78 is 34.2. The summed E-state index contributed by atoms with van der Waals surface area (Å²) in [7, 11) is 1.35. The van der Waals surface area contributed by atoms with Crippen LogP contribution in [-0.4, -0.2) is 97.3 Å². The Balaban J connectivity index is 4.58. The van der Waals surface area contributed by atoms with Crippen molar-refractivity contribution in [2.45, 2.75) is 173 Å². The van der Waals surface area contributed by atoms with E-state index >= 15 is 0 Å². The molecule has 3 N–H and O–H groups in total. The molecule has 0 aliphatic carbocycles. The molecule has 0 amide bonds. The van der Waals surface area contributed by atoms with E-state index in [4.69, 9.17) is 18.5 Å². The van der Waals surface area contributed by atoms with Crippen LogP contribution in [0.15, 0.2) is 85.1 Å². The lowest BCUT2D eigenvalue weighted by atomic mass is 10.1. The minimum atomic E-state index is -4.43. The molecule has 62 heavy (non-hydrogen) atoms. The number of esters is 2. The van der Waals surface area contributed by atoms with Gasteiger partial charge in [0.1, 0.15) is 19.8 Å². The van der Waals surface area contributed by atoms with Gasteiger partial charge < -0.3 is 29.1 Å². The van der Waals surface area contributed by atoms with E-state index in [1.54, 1.807) is 30.4 Å². The van der Waals surface area contributed by atoms with Gasteiger partial charge >= 0.3 is 19.8 Å². The molecule has 356 valence electrons. The Bertz CT molecular complexity index is 1360. The van der Waals surface area contributed by atoms with E-state index in [1.165, 1.54) is 64.2 Å². The third-order valence-corrected chi connectivity index (χ3v) is 10.6. The molecule has 0 aliphatic heterocycles. The molecule has 0 saturated heterocycles. The zero-order valence-electron chi connectivity index (χ0n) is 39.3. The molecule has 0 saturated carbocycles. The molecule has 0 aromatic rings. The number of phosphoric acid groups is 1. The number of aliphatic hydroxyl groups is 2. The first-order valence-corrected chi connectivity index (χ1v) is 25.0. The van der Waals surface area contributed by atoms with Crippen LogP contribution in [-0.2, 0) is 32.7 Å². The van der Waals surface area contributed by atoms with Gasteiger partial charge in [-0.15, -0.1) is 0 Å². The van der Waals surface area contributed by atoms with Gasteiger partial charge in [-0.05, 0) is 64.2 Å². The molecule has 1 unspecified atom stereocenters. The van der Waals surface area contributed by atoms with Gasteiger partial charge in [0.25, 0.3) is 0 Å². The van der Waals surface area contributed by atoms with E-state index < -0.39 is 44.7 Å². The van der Waals surface area contributed by atoms with Crippen LogP contribution in [0.2, 0.25) is 0 Å². The maximum absolute atomic E-state index is 12.7. The van der Waals surface area contributed by atoms with Crippen LogP contribution in [0.5, 0.6) is 0 Å². The standard InChI is InChI=1S/C50H86NO10P/c1-6-8-10-11-12-13-14-15-16-17-18-19-20-21-25-28-34-41-50(55)61-48(45-60-62(56,57)59-43-42-51(3,4)5)44-58-49(54)40-35-29-33-39-47(53)38-32-27-24-22-23-26-31-37-46(52)36-30-9-7-2/h9,15-16,23-24,26-27,30-33,37-39,46-48,52-53H,6-8,10-14,17-22,25,28-29,34-36,40-45H2,1-5H3/p+1/b16-15-,26-23-,27-24-,30-9-,37-31+,38-32+,39-33-/t46-,47-,48-/m1/s1. The molecule has 0 bridgehead atoms. The SMILES string of the molecule is CC/C=C\C[C@@H](O)/C=C/C=C\C/C=C\C=C\[C@@H](O)/C=C\CCCC(=O)OC[C@H](COP(=O)(O)OCC[N+](C)(C)C)OC(=O)CCCCCCCCC/C=C\CCCCCCCC. The second kappa shape index (κ2) is 40.9. The highest BCUT2D eigenvalue weighted by Crippen LogP contribution is 2.43. The van der Waals surface area contributed by atoms with Crippen LogP contribution in [0.25, 0.3) is 0 Å². The van der Waals surface area contributed by atoms with Gasteiger partial charge in [0.2, 0.25) is 0 Å². The third-order valence-electron chi connectivity index (χ3n) is 9.58. The van der Waals surface area contributed by atoms with Crippen LogP contribution >= 0.6 is 7.82 Å². The second-order valence-corrected chi connectivity index (χ2v) is 18.3. The normalized spacial score (nSPS) is 15.3. The Hall–Kier alpha value is -2.89. The fourth-order valence-electron chi connectivity index (χ4n) is 5.87. The third kappa shape index (κ3) is 43.7. The largest absolute Gasteiger partial charge is 0.472 e. The average Bonchev–Trinajstić information content (AvgIpc) is 3.21. The number of allylic oxidation sites excluding steroid dienone is 10. The number of phosphoric ester groups is 1. The summed E-state index contributed by atoms with van der Waals surface area (Å²) in [5.74, 6) is -0.993. The number of quaternary nitrogens is 1. The molecular weight excluding hydrogens is 806 g/mol. The van der Waals surface area contributed by atoms with Gasteiger partial charge in [0.05, 0.1) is 40.0 Å². The Morgan fingerprint density at radius 1 is 0.613 bits per heavy atom. The van der Waals surface area contributed by atoms with Crippen LogP contribution in [0.1, 0.15) is 155 Å². The highest BCUT2D eigenvalue weighted by Gasteiger charge is 2.27. The van der Waals surface area contributed by atoms with E-state index in [0.29, 0.717) is 43.1 Å². The topological polar surface area (TPSA) is 149 Å². The van der Waals surface area contributed by atoms with Crippen molar-refractivity contribution in [3.63, 3.8) is 0 Å². The Morgan fingerprint density at radius 3 is 1.82 bits per heavy atom. The van der Waals surface area contributed by atoms with Crippen molar-refractivity contribution in [3.05, 3.63) is 85.1 Å². The molecule has 4 atom stereocenters. The van der Waals surface area contributed by atoms with Crippen molar-refractivity contribution < 1.29 is 52.3 Å². The molecule has 0 rings (SSSR count). The minimum Gasteiger partial charge on any atom is -0.462 e. The summed E-state index contributed by atoms with van der Waals surface area (Å²) in [6.45, 7) is 3.99. The second-order valence-electron chi connectivity index (χ2n) is 16.8. The first kappa shape index (κ1) is 59.1. The van der Waals surface area contributed by atoms with Crippen molar-refractivity contribution in [2.24, 2.45) is 0 Å². The Labute approximate surface area is 376 Å². The molecule has 0 fully saturated rings. The fourth-order valence-corrected chi connectivity index (χ4v) is 6.61. The zero-order chi connectivity index (χ0) is 46.0. The number of rotatable bonds is 41. The highest BCUT2D eigenvalue weighted by molar-refractivity contribution is 7.47. The highest BCUT2D eigenvalue weighted by atomic mass is 31.2. The molecule has 0 spiro atoms. The number of hydrogen-bond donors (Lipinski definition) is 3. The van der Waals surface area contributed by atoms with Crippen LogP contribution < -0.4 is 0 Å². The van der Waals surface area contributed by atoms with Gasteiger partial charge in [0.15, 0.2) is 6.10 Å². The summed E-state index contributed by atoms with van der Waals surface area (Å²) in [6.07, 6.45) is 45.6. The van der Waals surface area contributed by atoms with Crippen LogP contribution in [0.4, 0.5) is 0 Å². The van der Waals surface area contributed by atoms with Gasteiger partial charge in [-0.2, -0.15) is 0 Å². The zero-order valence-corrected chi connectivity index (χ0v) is 40.2. The van der Waals surface area contributed by atoms with Crippen LogP contribution in [0, 0.1) is 0 Å². The molecular formula is C50H87NO10P+. The first-order chi connectivity index (χ1) is 29.8. The fraction of sp³-hybridized carbons (Fsp3) is 0.680. The Morgan fingerprint density at radius 2 is 1.19 bits per heavy atom. The van der Waals surface area contributed by atoms with Gasteiger partial charge in [-0.1, -0.05) is 163 Å². The lowest BCUT2D eigenvalue weighted by Crippen LogP contribution is -2.37. The summed E-state index contributed by atoms with van der Waals surface area (Å²) in [5, 5.41) is 20.0. The molecule has 0 heterocycles. The summed E-state index contributed by atoms with van der Waals surface area (Å²) in [6, 6.07) is 0. The lowest BCUT2D eigenvalue weighted by Gasteiger charge is -2.24. The summed E-state index contributed by atoms with van der Waals surface area (Å²) in [5.41, 5.74) is 0. The molecule has 0 radical (unpaired) electrons. The summed E-state index contributed by atoms with van der Waals surface area (Å²) in [4.78, 5) is 35.4. The number of aliphatic hydroxyl groups excluding tert-OH is 2. The number of hydrogen-bond acceptors (Lipinski definition) is 9. The summed E-state index contributed by atoms with van der Waals surface area (Å²) >= 11 is 0. The maximum atomic E-state index is 12.7. The predicted octanol–water partition coefficient (Wildman–Crippen LogP) is 11.5.